The summed E-state index contributed by atoms with van der Waals surface area (Å²) in [6.45, 7) is 10.9. The summed E-state index contributed by atoms with van der Waals surface area (Å²) in [5.41, 5.74) is 4.16. The zero-order chi connectivity index (χ0) is 22.4. The van der Waals surface area contributed by atoms with Crippen molar-refractivity contribution in [1.29, 1.82) is 0 Å². The Morgan fingerprint density at radius 2 is 1.61 bits per heavy atom. The average Bonchev–Trinajstić information content (AvgIpc) is 2.75. The first kappa shape index (κ1) is 23.6. The van der Waals surface area contributed by atoms with E-state index in [9.17, 15) is 8.42 Å². The van der Waals surface area contributed by atoms with Gasteiger partial charge < -0.3 is 14.5 Å². The summed E-state index contributed by atoms with van der Waals surface area (Å²) in [7, 11) is -1.37. The first-order chi connectivity index (χ1) is 14.8. The number of hydrogen-bond acceptors (Lipinski definition) is 5. The highest BCUT2D eigenvalue weighted by atomic mass is 32.2. The van der Waals surface area contributed by atoms with Crippen molar-refractivity contribution in [2.75, 3.05) is 51.3 Å². The molecule has 0 unspecified atom stereocenters. The Hall–Kier alpha value is -2.09. The minimum atomic E-state index is -3.53. The van der Waals surface area contributed by atoms with Crippen LogP contribution in [0.25, 0.3) is 0 Å². The molecule has 0 aliphatic carbocycles. The van der Waals surface area contributed by atoms with Gasteiger partial charge in [-0.25, -0.2) is 13.1 Å². The van der Waals surface area contributed by atoms with Crippen LogP contribution in [0.3, 0.4) is 0 Å². The van der Waals surface area contributed by atoms with Gasteiger partial charge in [0.2, 0.25) is 10.0 Å². The van der Waals surface area contributed by atoms with Gasteiger partial charge in [-0.05, 0) is 81.6 Å². The van der Waals surface area contributed by atoms with Crippen molar-refractivity contribution in [2.45, 2.75) is 38.5 Å². The van der Waals surface area contributed by atoms with Gasteiger partial charge in [0.05, 0.1) is 11.5 Å². The summed E-state index contributed by atoms with van der Waals surface area (Å²) in [4.78, 5) is 5.06. The van der Waals surface area contributed by atoms with Crippen LogP contribution in [0.5, 0.6) is 5.75 Å². The fourth-order valence-corrected chi connectivity index (χ4v) is 5.20. The number of ether oxygens (including phenoxy) is 1. The lowest BCUT2D eigenvalue weighted by atomic mass is 10.1. The number of sulfonamides is 1. The summed E-state index contributed by atoms with van der Waals surface area (Å²) < 4.78 is 33.7. The number of likely N-dealkylation sites (N-methyl/N-ethyl adjacent to an activating group) is 1. The molecule has 0 spiro atoms. The average molecular weight is 446 g/mol. The van der Waals surface area contributed by atoms with Crippen LogP contribution in [0, 0.1) is 13.8 Å². The minimum absolute atomic E-state index is 0.294. The zero-order valence-electron chi connectivity index (χ0n) is 19.1. The lowest BCUT2D eigenvalue weighted by molar-refractivity contribution is 0.313. The van der Waals surface area contributed by atoms with Crippen LogP contribution in [0.1, 0.15) is 30.0 Å². The summed E-state index contributed by atoms with van der Waals surface area (Å²) in [6.07, 6.45) is 1.59. The molecule has 0 atom stereocenters. The number of anilines is 1. The second-order valence-corrected chi connectivity index (χ2v) is 10.0. The maximum absolute atomic E-state index is 12.7. The summed E-state index contributed by atoms with van der Waals surface area (Å²) in [5, 5.41) is 0. The molecule has 1 heterocycles. The van der Waals surface area contributed by atoms with Crippen molar-refractivity contribution in [1.82, 2.24) is 9.62 Å². The first-order valence-corrected chi connectivity index (χ1v) is 12.5. The van der Waals surface area contributed by atoms with Gasteiger partial charge in [-0.1, -0.05) is 12.1 Å². The van der Waals surface area contributed by atoms with E-state index in [1.165, 1.54) is 11.3 Å². The normalized spacial score (nSPS) is 15.3. The van der Waals surface area contributed by atoms with Crippen molar-refractivity contribution in [2.24, 2.45) is 0 Å². The molecular formula is C24H35N3O3S. The molecule has 0 radical (unpaired) electrons. The maximum Gasteiger partial charge on any atom is 0.240 e. The summed E-state index contributed by atoms with van der Waals surface area (Å²) >= 11 is 0. The Morgan fingerprint density at radius 1 is 1.00 bits per heavy atom. The number of nitrogens with zero attached hydrogens (tertiary/aromatic N) is 2. The monoisotopic (exact) mass is 445 g/mol. The third kappa shape index (κ3) is 6.21. The molecular weight excluding hydrogens is 410 g/mol. The molecule has 0 bridgehead atoms. The van der Waals surface area contributed by atoms with E-state index in [4.69, 9.17) is 4.74 Å². The number of hydrogen-bond donors (Lipinski definition) is 1. The van der Waals surface area contributed by atoms with E-state index in [0.29, 0.717) is 18.0 Å². The van der Waals surface area contributed by atoms with E-state index in [2.05, 4.69) is 45.8 Å². The van der Waals surface area contributed by atoms with E-state index in [-0.39, 0.29) is 0 Å². The van der Waals surface area contributed by atoms with Crippen molar-refractivity contribution in [3.63, 3.8) is 0 Å². The Labute approximate surface area is 187 Å². The van der Waals surface area contributed by atoms with E-state index in [1.54, 1.807) is 12.1 Å². The molecule has 1 aliphatic rings. The molecule has 0 aromatic heterocycles. The van der Waals surface area contributed by atoms with Crippen molar-refractivity contribution in [3.8, 4) is 5.75 Å². The highest BCUT2D eigenvalue weighted by Crippen LogP contribution is 2.27. The molecule has 31 heavy (non-hydrogen) atoms. The zero-order valence-corrected chi connectivity index (χ0v) is 20.0. The van der Waals surface area contributed by atoms with Crippen molar-refractivity contribution < 1.29 is 13.2 Å². The fourth-order valence-electron chi connectivity index (χ4n) is 3.96. The van der Waals surface area contributed by atoms with Gasteiger partial charge in [-0.15, -0.1) is 0 Å². The van der Waals surface area contributed by atoms with Crippen LogP contribution < -0.4 is 14.4 Å². The highest BCUT2D eigenvalue weighted by molar-refractivity contribution is 7.89. The van der Waals surface area contributed by atoms with E-state index in [0.717, 1.165) is 55.9 Å². The largest absolute Gasteiger partial charge is 0.493 e. The van der Waals surface area contributed by atoms with E-state index in [1.807, 2.05) is 20.8 Å². The standard InChI is InChI=1S/C24H35N3O3S/c1-5-30-24-19(2)17-23(18-20(24)3)31(28,29)25-12-6-7-21-8-10-22(11-9-21)27-15-13-26(4)14-16-27/h8-11,17-18,25H,5-7,12-16H2,1-4H3. The third-order valence-electron chi connectivity index (χ3n) is 5.77. The Kier molecular flexibility index (Phi) is 7.97. The number of nitrogens with one attached hydrogen (secondary N) is 1. The SMILES string of the molecule is CCOc1c(C)cc(S(=O)(=O)NCCCc2ccc(N3CCN(C)CC3)cc2)cc1C. The maximum atomic E-state index is 12.7. The van der Waals surface area contributed by atoms with E-state index < -0.39 is 10.0 Å². The van der Waals surface area contributed by atoms with Gasteiger partial charge in [0.15, 0.2) is 0 Å². The number of piperazine rings is 1. The van der Waals surface area contributed by atoms with Gasteiger partial charge in [0, 0.05) is 38.4 Å². The minimum Gasteiger partial charge on any atom is -0.493 e. The second kappa shape index (κ2) is 10.5. The molecule has 2 aromatic rings. The van der Waals surface area contributed by atoms with Gasteiger partial charge in [-0.2, -0.15) is 0 Å². The first-order valence-electron chi connectivity index (χ1n) is 11.1. The van der Waals surface area contributed by atoms with Crippen LogP contribution in [0.15, 0.2) is 41.3 Å². The fraction of sp³-hybridized carbons (Fsp3) is 0.500. The molecule has 0 saturated carbocycles. The van der Waals surface area contributed by atoms with E-state index >= 15 is 0 Å². The van der Waals surface area contributed by atoms with Crippen LogP contribution in [-0.4, -0.2) is 59.7 Å². The highest BCUT2D eigenvalue weighted by Gasteiger charge is 2.17. The lowest BCUT2D eigenvalue weighted by Gasteiger charge is -2.34. The molecule has 0 amide bonds. The predicted molar refractivity (Wildman–Crippen MR) is 127 cm³/mol. The van der Waals surface area contributed by atoms with Crippen LogP contribution in [0.2, 0.25) is 0 Å². The van der Waals surface area contributed by atoms with Crippen LogP contribution >= 0.6 is 0 Å². The Bertz CT molecular complexity index is 943. The molecule has 1 saturated heterocycles. The molecule has 1 aliphatic heterocycles. The quantitative estimate of drug-likeness (QED) is 0.600. The molecule has 6 nitrogen and oxygen atoms in total. The van der Waals surface area contributed by atoms with Gasteiger partial charge in [0.1, 0.15) is 5.75 Å². The number of benzene rings is 2. The van der Waals surface area contributed by atoms with Gasteiger partial charge in [-0.3, -0.25) is 0 Å². The lowest BCUT2D eigenvalue weighted by Crippen LogP contribution is -2.44. The number of aryl methyl sites for hydroxylation is 3. The van der Waals surface area contributed by atoms with Crippen LogP contribution in [0.4, 0.5) is 5.69 Å². The molecule has 7 heteroatoms. The third-order valence-corrected chi connectivity index (χ3v) is 7.21. The van der Waals surface area contributed by atoms with Gasteiger partial charge >= 0.3 is 0 Å². The number of rotatable bonds is 9. The molecule has 1 N–H and O–H groups in total. The summed E-state index contributed by atoms with van der Waals surface area (Å²) in [6, 6.07) is 12.0. The van der Waals surface area contributed by atoms with Crippen molar-refractivity contribution >= 4 is 15.7 Å². The van der Waals surface area contributed by atoms with Crippen LogP contribution in [-0.2, 0) is 16.4 Å². The molecule has 1 fully saturated rings. The molecule has 3 rings (SSSR count). The topological polar surface area (TPSA) is 61.9 Å². The molecule has 2 aromatic carbocycles. The Balaban J connectivity index is 1.51. The van der Waals surface area contributed by atoms with Gasteiger partial charge in [0.25, 0.3) is 0 Å². The second-order valence-electron chi connectivity index (χ2n) is 8.28. The van der Waals surface area contributed by atoms with Crippen molar-refractivity contribution in [3.05, 3.63) is 53.1 Å². The molecule has 170 valence electrons. The Morgan fingerprint density at radius 3 is 2.19 bits per heavy atom. The predicted octanol–water partition coefficient (Wildman–Crippen LogP) is 3.37. The smallest absolute Gasteiger partial charge is 0.240 e. The summed E-state index contributed by atoms with van der Waals surface area (Å²) in [5.74, 6) is 0.765.